The Hall–Kier alpha value is -2.19. The predicted molar refractivity (Wildman–Crippen MR) is 134 cm³/mol. The molecule has 0 saturated carbocycles. The van der Waals surface area contributed by atoms with Crippen LogP contribution in [-0.4, -0.2) is 55.6 Å². The van der Waals surface area contributed by atoms with E-state index in [1.54, 1.807) is 20.8 Å². The lowest BCUT2D eigenvalue weighted by molar-refractivity contribution is 0.0409. The van der Waals surface area contributed by atoms with E-state index < -0.39 is 38.8 Å². The second kappa shape index (κ2) is 11.3. The van der Waals surface area contributed by atoms with Crippen LogP contribution in [0.3, 0.4) is 0 Å². The highest BCUT2D eigenvalue weighted by Crippen LogP contribution is 2.36. The highest BCUT2D eigenvalue weighted by Gasteiger charge is 2.50. The molecule has 0 aliphatic heterocycles. The van der Waals surface area contributed by atoms with Gasteiger partial charge in [-0.2, -0.15) is 0 Å². The summed E-state index contributed by atoms with van der Waals surface area (Å²) < 4.78 is 12.3. The first-order valence-corrected chi connectivity index (χ1v) is 13.3. The van der Waals surface area contributed by atoms with Gasteiger partial charge in [0, 0.05) is 0 Å². The fourth-order valence-corrected chi connectivity index (χ4v) is 8.64. The fourth-order valence-electron chi connectivity index (χ4n) is 4.03. The van der Waals surface area contributed by atoms with Crippen molar-refractivity contribution >= 4 is 24.8 Å². The summed E-state index contributed by atoms with van der Waals surface area (Å²) >= 11 is 0. The van der Waals surface area contributed by atoms with Gasteiger partial charge in [0.05, 0.1) is 25.4 Å². The molecule has 0 bridgehead atoms. The van der Waals surface area contributed by atoms with Crippen LogP contribution >= 0.6 is 0 Å². The number of alkyl carbamates (subject to hydrolysis) is 1. The summed E-state index contributed by atoms with van der Waals surface area (Å²) in [5.74, 6) is 0. The lowest BCUT2D eigenvalue weighted by Crippen LogP contribution is -2.67. The number of amides is 1. The van der Waals surface area contributed by atoms with Crippen LogP contribution in [0.4, 0.5) is 4.79 Å². The van der Waals surface area contributed by atoms with E-state index in [2.05, 4.69) is 50.4 Å². The van der Waals surface area contributed by atoms with Crippen LogP contribution in [0.2, 0.25) is 5.04 Å². The van der Waals surface area contributed by atoms with E-state index in [4.69, 9.17) is 9.16 Å². The monoisotopic (exact) mass is 473 g/mol. The molecule has 0 unspecified atom stereocenters. The quantitative estimate of drug-likeness (QED) is 0.487. The van der Waals surface area contributed by atoms with Crippen molar-refractivity contribution in [1.29, 1.82) is 0 Å². The predicted octanol–water partition coefficient (Wildman–Crippen LogP) is 3.20. The van der Waals surface area contributed by atoms with Crippen molar-refractivity contribution in [3.8, 4) is 0 Å². The summed E-state index contributed by atoms with van der Waals surface area (Å²) in [4.78, 5) is 12.5. The molecule has 33 heavy (non-hydrogen) atoms. The SMILES string of the molecule is CC(C)(C)OC(=O)N[C@H](CO[Si](c1ccccc1)(c1ccccc1)C(C)(C)C)C[C@@H](O)CO. The van der Waals surface area contributed by atoms with Crippen molar-refractivity contribution in [1.82, 2.24) is 5.32 Å². The number of aliphatic hydroxyl groups is 2. The van der Waals surface area contributed by atoms with Crippen LogP contribution < -0.4 is 15.7 Å². The van der Waals surface area contributed by atoms with Crippen molar-refractivity contribution in [2.24, 2.45) is 0 Å². The Labute approximate surface area is 199 Å². The molecule has 2 aromatic rings. The topological polar surface area (TPSA) is 88.0 Å². The van der Waals surface area contributed by atoms with Crippen LogP contribution in [0.15, 0.2) is 60.7 Å². The maximum Gasteiger partial charge on any atom is 0.407 e. The van der Waals surface area contributed by atoms with Gasteiger partial charge in [0.15, 0.2) is 0 Å². The zero-order valence-corrected chi connectivity index (χ0v) is 21.7. The zero-order valence-electron chi connectivity index (χ0n) is 20.7. The van der Waals surface area contributed by atoms with Gasteiger partial charge in [-0.25, -0.2) is 4.79 Å². The van der Waals surface area contributed by atoms with Crippen LogP contribution in [-0.2, 0) is 9.16 Å². The summed E-state index contributed by atoms with van der Waals surface area (Å²) in [7, 11) is -2.81. The Balaban J connectivity index is 2.43. The molecule has 0 heterocycles. The summed E-state index contributed by atoms with van der Waals surface area (Å²) in [6.07, 6.45) is -1.41. The highest BCUT2D eigenvalue weighted by atomic mass is 28.4. The molecule has 0 aliphatic carbocycles. The Morgan fingerprint density at radius 2 is 1.42 bits per heavy atom. The Bertz CT molecular complexity index is 822. The molecular weight excluding hydrogens is 434 g/mol. The Kier molecular flexibility index (Phi) is 9.26. The zero-order chi connectivity index (χ0) is 24.7. The molecule has 0 fully saturated rings. The molecule has 0 spiro atoms. The standard InChI is InChI=1S/C26H39NO5Si/c1-25(2,3)32-24(30)27-20(17-21(29)18-28)19-31-33(26(4,5)6,22-13-9-7-10-14-22)23-15-11-8-12-16-23/h7-16,20-21,28-29H,17-19H2,1-6H3,(H,27,30)/t20-,21+/m0/s1. The van der Waals surface area contributed by atoms with Crippen molar-refractivity contribution in [3.05, 3.63) is 60.7 Å². The molecule has 2 rings (SSSR count). The first-order chi connectivity index (χ1) is 15.4. The van der Waals surface area contributed by atoms with E-state index in [-0.39, 0.29) is 18.1 Å². The maximum absolute atomic E-state index is 12.5. The summed E-state index contributed by atoms with van der Waals surface area (Å²) in [6, 6.07) is 19.9. The second-order valence-electron chi connectivity index (χ2n) is 10.4. The van der Waals surface area contributed by atoms with Gasteiger partial charge >= 0.3 is 6.09 Å². The molecule has 182 valence electrons. The minimum atomic E-state index is -2.81. The fraction of sp³-hybridized carbons (Fsp3) is 0.500. The average molecular weight is 474 g/mol. The van der Waals surface area contributed by atoms with Gasteiger partial charge < -0.3 is 24.7 Å². The van der Waals surface area contributed by atoms with E-state index in [1.807, 2.05) is 36.4 Å². The van der Waals surface area contributed by atoms with Crippen LogP contribution in [0.5, 0.6) is 0 Å². The number of rotatable bonds is 9. The first kappa shape index (κ1) is 27.1. The molecule has 7 heteroatoms. The lowest BCUT2D eigenvalue weighted by Gasteiger charge is -2.43. The van der Waals surface area contributed by atoms with E-state index >= 15 is 0 Å². The third-order valence-electron chi connectivity index (χ3n) is 5.41. The summed E-state index contributed by atoms with van der Waals surface area (Å²) in [5.41, 5.74) is -0.650. The van der Waals surface area contributed by atoms with Crippen molar-refractivity contribution in [2.45, 2.75) is 70.7 Å². The number of carbonyl (C=O) groups is 1. The Morgan fingerprint density at radius 3 is 1.82 bits per heavy atom. The summed E-state index contributed by atoms with van der Waals surface area (Å²) in [6.45, 7) is 11.7. The molecular formula is C26H39NO5Si. The van der Waals surface area contributed by atoms with E-state index in [0.717, 1.165) is 10.4 Å². The van der Waals surface area contributed by atoms with E-state index in [9.17, 15) is 15.0 Å². The van der Waals surface area contributed by atoms with Gasteiger partial charge in [-0.1, -0.05) is 81.4 Å². The first-order valence-electron chi connectivity index (χ1n) is 11.4. The van der Waals surface area contributed by atoms with Gasteiger partial charge in [0.2, 0.25) is 0 Å². The average Bonchev–Trinajstić information content (AvgIpc) is 2.73. The lowest BCUT2D eigenvalue weighted by atomic mass is 10.1. The van der Waals surface area contributed by atoms with Crippen LogP contribution in [0, 0.1) is 0 Å². The van der Waals surface area contributed by atoms with Crippen molar-refractivity contribution in [3.63, 3.8) is 0 Å². The van der Waals surface area contributed by atoms with Gasteiger partial charge in [0.25, 0.3) is 8.32 Å². The molecule has 3 N–H and O–H groups in total. The van der Waals surface area contributed by atoms with Gasteiger partial charge in [-0.15, -0.1) is 0 Å². The number of benzene rings is 2. The highest BCUT2D eigenvalue weighted by molar-refractivity contribution is 6.99. The number of carbonyl (C=O) groups excluding carboxylic acids is 1. The smallest absolute Gasteiger partial charge is 0.407 e. The van der Waals surface area contributed by atoms with Gasteiger partial charge in [-0.05, 0) is 42.6 Å². The minimum Gasteiger partial charge on any atom is -0.444 e. The van der Waals surface area contributed by atoms with E-state index in [0.29, 0.717) is 0 Å². The van der Waals surface area contributed by atoms with Crippen molar-refractivity contribution in [2.75, 3.05) is 13.2 Å². The van der Waals surface area contributed by atoms with Crippen LogP contribution in [0.1, 0.15) is 48.0 Å². The summed E-state index contributed by atoms with van der Waals surface area (Å²) in [5, 5.41) is 24.4. The number of aliphatic hydroxyl groups excluding tert-OH is 2. The Morgan fingerprint density at radius 1 is 0.939 bits per heavy atom. The third kappa shape index (κ3) is 7.40. The molecule has 0 radical (unpaired) electrons. The number of hydrogen-bond acceptors (Lipinski definition) is 5. The number of nitrogens with one attached hydrogen (secondary N) is 1. The molecule has 2 atom stereocenters. The minimum absolute atomic E-state index is 0.147. The molecule has 6 nitrogen and oxygen atoms in total. The normalized spacial score (nSPS) is 14.4. The molecule has 1 amide bonds. The van der Waals surface area contributed by atoms with Crippen molar-refractivity contribution < 1.29 is 24.2 Å². The largest absolute Gasteiger partial charge is 0.444 e. The van der Waals surface area contributed by atoms with Gasteiger partial charge in [0.1, 0.15) is 5.60 Å². The second-order valence-corrected chi connectivity index (χ2v) is 14.7. The molecule has 0 saturated heterocycles. The van der Waals surface area contributed by atoms with Crippen LogP contribution in [0.25, 0.3) is 0 Å². The maximum atomic E-state index is 12.5. The number of hydrogen-bond donors (Lipinski definition) is 3. The third-order valence-corrected chi connectivity index (χ3v) is 10.4. The van der Waals surface area contributed by atoms with Gasteiger partial charge in [-0.3, -0.25) is 0 Å². The number of ether oxygens (including phenoxy) is 1. The molecule has 2 aromatic carbocycles. The molecule has 0 aliphatic rings. The molecule has 0 aromatic heterocycles. The van der Waals surface area contributed by atoms with E-state index in [1.165, 1.54) is 0 Å².